The van der Waals surface area contributed by atoms with E-state index in [4.69, 9.17) is 9.15 Å². The van der Waals surface area contributed by atoms with Crippen LogP contribution in [0.2, 0.25) is 0 Å². The quantitative estimate of drug-likeness (QED) is 0.689. The van der Waals surface area contributed by atoms with Crippen LogP contribution < -0.4 is 4.90 Å². The van der Waals surface area contributed by atoms with Crippen molar-refractivity contribution in [3.05, 3.63) is 12.0 Å². The third kappa shape index (κ3) is 4.27. The summed E-state index contributed by atoms with van der Waals surface area (Å²) in [6, 6.07) is 0.287. The molecule has 0 aliphatic heterocycles. The smallest absolute Gasteiger partial charge is 0.360 e. The van der Waals surface area contributed by atoms with Gasteiger partial charge in [0.05, 0.1) is 20.1 Å². The van der Waals surface area contributed by atoms with E-state index >= 15 is 0 Å². The van der Waals surface area contributed by atoms with Gasteiger partial charge in [0.25, 0.3) is 6.01 Å². The average molecular weight is 270 g/mol. The number of hydrogen-bond acceptors (Lipinski definition) is 7. The number of esters is 2. The second kappa shape index (κ2) is 7.40. The Morgan fingerprint density at radius 2 is 2.16 bits per heavy atom. The molecule has 0 radical (unpaired) electrons. The first-order valence-corrected chi connectivity index (χ1v) is 6.06. The zero-order valence-electron chi connectivity index (χ0n) is 11.3. The summed E-state index contributed by atoms with van der Waals surface area (Å²) in [5.74, 6) is -0.836. The normalized spacial score (nSPS) is 10.1. The Morgan fingerprint density at radius 1 is 1.42 bits per heavy atom. The highest BCUT2D eigenvalue weighted by Gasteiger charge is 2.17. The van der Waals surface area contributed by atoms with Gasteiger partial charge in [-0.15, -0.1) is 0 Å². The maximum atomic E-state index is 11.4. The fraction of sp³-hybridized carbons (Fsp3) is 0.583. The number of oxazole rings is 1. The molecule has 0 aromatic carbocycles. The number of anilines is 1. The Balaban J connectivity index is 2.66. The van der Waals surface area contributed by atoms with Gasteiger partial charge in [-0.3, -0.25) is 4.79 Å². The Kier molecular flexibility index (Phi) is 5.84. The van der Waals surface area contributed by atoms with Gasteiger partial charge in [0.2, 0.25) is 0 Å². The molecule has 0 saturated carbocycles. The van der Waals surface area contributed by atoms with E-state index < -0.39 is 5.97 Å². The van der Waals surface area contributed by atoms with Crippen LogP contribution in [-0.2, 0) is 14.3 Å². The number of hydrogen-bond donors (Lipinski definition) is 0. The standard InChI is InChI=1S/C12H18N2O5/c1-4-14(7-6-10(15)17-3)12-13-9(8-19-12)11(16)18-5-2/h8H,4-7H2,1-3H3. The van der Waals surface area contributed by atoms with E-state index in [1.807, 2.05) is 6.92 Å². The van der Waals surface area contributed by atoms with Crippen LogP contribution in [0.15, 0.2) is 10.7 Å². The molecular formula is C12H18N2O5. The molecule has 1 rings (SSSR count). The molecule has 0 amide bonds. The van der Waals surface area contributed by atoms with E-state index in [1.54, 1.807) is 11.8 Å². The molecule has 7 heteroatoms. The van der Waals surface area contributed by atoms with Crippen LogP contribution >= 0.6 is 0 Å². The highest BCUT2D eigenvalue weighted by atomic mass is 16.5. The summed E-state index contributed by atoms with van der Waals surface area (Å²) < 4.78 is 14.6. The van der Waals surface area contributed by atoms with Crippen LogP contribution in [0.1, 0.15) is 30.8 Å². The highest BCUT2D eigenvalue weighted by Crippen LogP contribution is 2.14. The number of methoxy groups -OCH3 is 1. The molecule has 0 saturated heterocycles. The minimum absolute atomic E-state index is 0.119. The molecule has 0 aliphatic carbocycles. The lowest BCUT2D eigenvalue weighted by Gasteiger charge is -2.17. The number of ether oxygens (including phenoxy) is 2. The predicted octanol–water partition coefficient (Wildman–Crippen LogP) is 1.24. The lowest BCUT2D eigenvalue weighted by molar-refractivity contribution is -0.140. The van der Waals surface area contributed by atoms with Crippen molar-refractivity contribution in [2.45, 2.75) is 20.3 Å². The van der Waals surface area contributed by atoms with Gasteiger partial charge in [-0.1, -0.05) is 0 Å². The van der Waals surface area contributed by atoms with Crippen molar-refractivity contribution in [2.75, 3.05) is 31.7 Å². The lowest BCUT2D eigenvalue weighted by Crippen LogP contribution is -2.26. The number of carbonyl (C=O) groups is 2. The maximum absolute atomic E-state index is 11.4. The summed E-state index contributed by atoms with van der Waals surface area (Å²) in [5, 5.41) is 0. The topological polar surface area (TPSA) is 81.9 Å². The van der Waals surface area contributed by atoms with Gasteiger partial charge in [0, 0.05) is 13.1 Å². The van der Waals surface area contributed by atoms with Gasteiger partial charge in [0.1, 0.15) is 6.26 Å². The second-order valence-corrected chi connectivity index (χ2v) is 3.64. The Labute approximate surface area is 111 Å². The molecule has 106 valence electrons. The monoisotopic (exact) mass is 270 g/mol. The van der Waals surface area contributed by atoms with E-state index in [9.17, 15) is 9.59 Å². The largest absolute Gasteiger partial charge is 0.469 e. The van der Waals surface area contributed by atoms with Gasteiger partial charge in [0.15, 0.2) is 5.69 Å². The number of aromatic nitrogens is 1. The first-order valence-electron chi connectivity index (χ1n) is 6.06. The molecule has 0 atom stereocenters. The summed E-state index contributed by atoms with van der Waals surface area (Å²) in [4.78, 5) is 28.3. The van der Waals surface area contributed by atoms with Crippen LogP contribution in [-0.4, -0.2) is 43.7 Å². The van der Waals surface area contributed by atoms with Crippen LogP contribution in [0, 0.1) is 0 Å². The van der Waals surface area contributed by atoms with Gasteiger partial charge in [-0.2, -0.15) is 4.98 Å². The minimum Gasteiger partial charge on any atom is -0.469 e. The van der Waals surface area contributed by atoms with Crippen molar-refractivity contribution in [2.24, 2.45) is 0 Å². The zero-order chi connectivity index (χ0) is 14.3. The minimum atomic E-state index is -0.526. The van der Waals surface area contributed by atoms with Crippen molar-refractivity contribution in [1.82, 2.24) is 4.98 Å². The van der Waals surface area contributed by atoms with E-state index in [2.05, 4.69) is 9.72 Å². The second-order valence-electron chi connectivity index (χ2n) is 3.64. The van der Waals surface area contributed by atoms with E-state index in [-0.39, 0.29) is 30.7 Å². The lowest BCUT2D eigenvalue weighted by atomic mass is 10.4. The number of carbonyl (C=O) groups excluding carboxylic acids is 2. The third-order valence-corrected chi connectivity index (χ3v) is 2.44. The molecule has 0 fully saturated rings. The van der Waals surface area contributed by atoms with Crippen molar-refractivity contribution in [1.29, 1.82) is 0 Å². The SMILES string of the molecule is CCOC(=O)c1coc(N(CC)CCC(=O)OC)n1. The summed E-state index contributed by atoms with van der Waals surface area (Å²) >= 11 is 0. The van der Waals surface area contributed by atoms with Crippen LogP contribution in [0.4, 0.5) is 6.01 Å². The highest BCUT2D eigenvalue weighted by molar-refractivity contribution is 5.87. The Bertz CT molecular complexity index is 430. The van der Waals surface area contributed by atoms with Crippen LogP contribution in [0.25, 0.3) is 0 Å². The van der Waals surface area contributed by atoms with Gasteiger partial charge >= 0.3 is 11.9 Å². The number of rotatable bonds is 7. The van der Waals surface area contributed by atoms with Gasteiger partial charge < -0.3 is 18.8 Å². The molecule has 0 unspecified atom stereocenters. The Morgan fingerprint density at radius 3 is 2.74 bits per heavy atom. The molecule has 1 aromatic heterocycles. The molecule has 19 heavy (non-hydrogen) atoms. The van der Waals surface area contributed by atoms with Gasteiger partial charge in [-0.25, -0.2) is 4.79 Å². The van der Waals surface area contributed by atoms with Crippen LogP contribution in [0.5, 0.6) is 0 Å². The average Bonchev–Trinajstić information content (AvgIpc) is 2.89. The molecule has 0 aliphatic rings. The molecule has 0 bridgehead atoms. The van der Waals surface area contributed by atoms with E-state index in [0.29, 0.717) is 13.1 Å². The van der Waals surface area contributed by atoms with E-state index in [0.717, 1.165) is 0 Å². The fourth-order valence-electron chi connectivity index (χ4n) is 1.43. The fourth-order valence-corrected chi connectivity index (χ4v) is 1.43. The van der Waals surface area contributed by atoms with Crippen molar-refractivity contribution in [3.8, 4) is 0 Å². The zero-order valence-corrected chi connectivity index (χ0v) is 11.3. The van der Waals surface area contributed by atoms with Crippen molar-refractivity contribution < 1.29 is 23.5 Å². The van der Waals surface area contributed by atoms with Crippen molar-refractivity contribution in [3.63, 3.8) is 0 Å². The molecule has 1 aromatic rings. The molecule has 0 spiro atoms. The summed E-state index contributed by atoms with van der Waals surface area (Å²) in [5.41, 5.74) is 0.119. The Hall–Kier alpha value is -2.05. The molecule has 1 heterocycles. The molecular weight excluding hydrogens is 252 g/mol. The summed E-state index contributed by atoms with van der Waals surface area (Å²) in [7, 11) is 1.34. The maximum Gasteiger partial charge on any atom is 0.360 e. The summed E-state index contributed by atoms with van der Waals surface area (Å²) in [6.07, 6.45) is 1.47. The predicted molar refractivity (Wildman–Crippen MR) is 67.0 cm³/mol. The first kappa shape index (κ1) is 15.0. The first-order chi connectivity index (χ1) is 9.12. The molecule has 7 nitrogen and oxygen atoms in total. The van der Waals surface area contributed by atoms with Gasteiger partial charge in [-0.05, 0) is 13.8 Å². The van der Waals surface area contributed by atoms with Crippen LogP contribution in [0.3, 0.4) is 0 Å². The number of nitrogens with zero attached hydrogens (tertiary/aromatic N) is 2. The third-order valence-electron chi connectivity index (χ3n) is 2.44. The van der Waals surface area contributed by atoms with E-state index in [1.165, 1.54) is 13.4 Å². The summed E-state index contributed by atoms with van der Waals surface area (Å²) in [6.45, 7) is 4.89. The van der Waals surface area contributed by atoms with Crippen molar-refractivity contribution >= 4 is 18.0 Å². The molecule has 0 N–H and O–H groups in total.